The van der Waals surface area contributed by atoms with Crippen molar-refractivity contribution in [3.05, 3.63) is 46.7 Å². The molecule has 3 rings (SSSR count). The van der Waals surface area contributed by atoms with Crippen molar-refractivity contribution in [3.8, 4) is 5.69 Å². The number of nitrogens with zero attached hydrogens (tertiary/aromatic N) is 3. The van der Waals surface area contributed by atoms with Crippen LogP contribution < -0.4 is 5.73 Å². The molecular weight excluding hydrogens is 335 g/mol. The van der Waals surface area contributed by atoms with Crippen molar-refractivity contribution >= 4 is 29.9 Å². The standard InChI is InChI=1S/C16H19ClN4O.ClH/c1-11-13(16(22)20-8-4-5-12(20)9-18)10-19-21(11)15-7-3-2-6-14(15)17;/h2-3,6-7,10,12H,4-5,8-9,18H2,1H3;1H. The highest BCUT2D eigenvalue weighted by Gasteiger charge is 2.30. The number of carbonyl (C=O) groups is 1. The third-order valence-electron chi connectivity index (χ3n) is 4.23. The smallest absolute Gasteiger partial charge is 0.257 e. The number of rotatable bonds is 3. The molecule has 1 amide bonds. The number of likely N-dealkylation sites (tertiary alicyclic amines) is 1. The van der Waals surface area contributed by atoms with Crippen LogP contribution in [0.4, 0.5) is 0 Å². The van der Waals surface area contributed by atoms with E-state index in [1.54, 1.807) is 10.9 Å². The van der Waals surface area contributed by atoms with Gasteiger partial charge < -0.3 is 10.6 Å². The Balaban J connectivity index is 0.00000192. The zero-order valence-electron chi connectivity index (χ0n) is 12.9. The van der Waals surface area contributed by atoms with Crippen molar-refractivity contribution in [3.63, 3.8) is 0 Å². The van der Waals surface area contributed by atoms with Gasteiger partial charge in [0.15, 0.2) is 0 Å². The minimum atomic E-state index is 0. The second-order valence-corrected chi connectivity index (χ2v) is 5.94. The Bertz CT molecular complexity index is 701. The predicted octanol–water partition coefficient (Wildman–Crippen LogP) is 2.82. The van der Waals surface area contributed by atoms with E-state index in [9.17, 15) is 4.79 Å². The predicted molar refractivity (Wildman–Crippen MR) is 93.7 cm³/mol. The number of aromatic nitrogens is 2. The third kappa shape index (κ3) is 3.22. The fourth-order valence-electron chi connectivity index (χ4n) is 2.99. The van der Waals surface area contributed by atoms with Gasteiger partial charge in [0.2, 0.25) is 0 Å². The molecule has 2 heterocycles. The molecule has 0 saturated carbocycles. The van der Waals surface area contributed by atoms with Crippen molar-refractivity contribution in [1.82, 2.24) is 14.7 Å². The van der Waals surface area contributed by atoms with E-state index < -0.39 is 0 Å². The number of nitrogens with two attached hydrogens (primary N) is 1. The summed E-state index contributed by atoms with van der Waals surface area (Å²) >= 11 is 6.22. The molecule has 1 saturated heterocycles. The number of hydrogen-bond acceptors (Lipinski definition) is 3. The van der Waals surface area contributed by atoms with Crippen molar-refractivity contribution in [1.29, 1.82) is 0 Å². The highest BCUT2D eigenvalue weighted by Crippen LogP contribution is 2.24. The number of carbonyl (C=O) groups excluding carboxylic acids is 1. The van der Waals surface area contributed by atoms with E-state index in [1.165, 1.54) is 0 Å². The van der Waals surface area contributed by atoms with Crippen LogP contribution in [0.3, 0.4) is 0 Å². The van der Waals surface area contributed by atoms with Gasteiger partial charge in [-0.1, -0.05) is 23.7 Å². The molecule has 1 atom stereocenters. The van der Waals surface area contributed by atoms with Crippen LogP contribution in [0.25, 0.3) is 5.69 Å². The Kier molecular flexibility index (Phi) is 5.68. The monoisotopic (exact) mass is 354 g/mol. The largest absolute Gasteiger partial charge is 0.334 e. The molecule has 1 aliphatic rings. The first-order valence-corrected chi connectivity index (χ1v) is 7.82. The van der Waals surface area contributed by atoms with Crippen LogP contribution in [-0.4, -0.2) is 39.7 Å². The third-order valence-corrected chi connectivity index (χ3v) is 4.55. The number of para-hydroxylation sites is 1. The van der Waals surface area contributed by atoms with Crippen LogP contribution in [-0.2, 0) is 0 Å². The van der Waals surface area contributed by atoms with Crippen LogP contribution in [0.15, 0.2) is 30.5 Å². The van der Waals surface area contributed by atoms with Gasteiger partial charge in [0.1, 0.15) is 0 Å². The normalized spacial score (nSPS) is 17.2. The minimum Gasteiger partial charge on any atom is -0.334 e. The summed E-state index contributed by atoms with van der Waals surface area (Å²) in [6, 6.07) is 7.59. The molecule has 0 radical (unpaired) electrons. The van der Waals surface area contributed by atoms with Gasteiger partial charge in [0, 0.05) is 19.1 Å². The van der Waals surface area contributed by atoms with Gasteiger partial charge in [-0.3, -0.25) is 4.79 Å². The molecule has 1 aromatic heterocycles. The maximum Gasteiger partial charge on any atom is 0.257 e. The quantitative estimate of drug-likeness (QED) is 0.921. The fourth-order valence-corrected chi connectivity index (χ4v) is 3.20. The molecule has 0 spiro atoms. The number of hydrogen-bond donors (Lipinski definition) is 1. The summed E-state index contributed by atoms with van der Waals surface area (Å²) < 4.78 is 1.71. The zero-order chi connectivity index (χ0) is 15.7. The average molecular weight is 355 g/mol. The lowest BCUT2D eigenvalue weighted by Crippen LogP contribution is -2.40. The van der Waals surface area contributed by atoms with Crippen molar-refractivity contribution in [2.75, 3.05) is 13.1 Å². The van der Waals surface area contributed by atoms with E-state index >= 15 is 0 Å². The maximum absolute atomic E-state index is 12.8. The van der Waals surface area contributed by atoms with Gasteiger partial charge in [-0.15, -0.1) is 12.4 Å². The lowest BCUT2D eigenvalue weighted by Gasteiger charge is -2.23. The highest BCUT2D eigenvalue weighted by atomic mass is 35.5. The molecule has 2 aromatic rings. The van der Waals surface area contributed by atoms with Crippen molar-refractivity contribution in [2.24, 2.45) is 5.73 Å². The molecule has 7 heteroatoms. The Hall–Kier alpha value is -1.56. The van der Waals surface area contributed by atoms with E-state index in [-0.39, 0.29) is 24.4 Å². The first kappa shape index (κ1) is 17.8. The summed E-state index contributed by atoms with van der Waals surface area (Å²) in [7, 11) is 0. The van der Waals surface area contributed by atoms with E-state index in [0.29, 0.717) is 17.1 Å². The first-order chi connectivity index (χ1) is 10.6. The number of amides is 1. The molecule has 2 N–H and O–H groups in total. The van der Waals surface area contributed by atoms with E-state index in [2.05, 4.69) is 5.10 Å². The lowest BCUT2D eigenvalue weighted by atomic mass is 10.2. The summed E-state index contributed by atoms with van der Waals surface area (Å²) in [5, 5.41) is 4.95. The van der Waals surface area contributed by atoms with Gasteiger partial charge in [-0.2, -0.15) is 5.10 Å². The Labute approximate surface area is 146 Å². The van der Waals surface area contributed by atoms with Gasteiger partial charge in [0.25, 0.3) is 5.91 Å². The Morgan fingerprint density at radius 2 is 2.17 bits per heavy atom. The summed E-state index contributed by atoms with van der Waals surface area (Å²) in [4.78, 5) is 14.6. The second kappa shape index (κ2) is 7.34. The molecule has 0 aliphatic carbocycles. The second-order valence-electron chi connectivity index (χ2n) is 5.54. The van der Waals surface area contributed by atoms with Crippen LogP contribution in [0.5, 0.6) is 0 Å². The van der Waals surface area contributed by atoms with Crippen LogP contribution in [0.1, 0.15) is 28.9 Å². The summed E-state index contributed by atoms with van der Waals surface area (Å²) in [5.74, 6) is 0.00348. The minimum absolute atomic E-state index is 0. The van der Waals surface area contributed by atoms with Crippen molar-refractivity contribution < 1.29 is 4.79 Å². The molecule has 0 bridgehead atoms. The summed E-state index contributed by atoms with van der Waals surface area (Å²) in [6.45, 7) is 3.15. The molecule has 1 aliphatic heterocycles. The average Bonchev–Trinajstić information content (AvgIpc) is 3.14. The van der Waals surface area contributed by atoms with E-state index in [0.717, 1.165) is 30.8 Å². The highest BCUT2D eigenvalue weighted by molar-refractivity contribution is 6.32. The van der Waals surface area contributed by atoms with Gasteiger partial charge in [-0.25, -0.2) is 4.68 Å². The number of benzene rings is 1. The zero-order valence-corrected chi connectivity index (χ0v) is 14.5. The molecule has 5 nitrogen and oxygen atoms in total. The van der Waals surface area contributed by atoms with E-state index in [1.807, 2.05) is 36.1 Å². The Morgan fingerprint density at radius 3 is 2.87 bits per heavy atom. The van der Waals surface area contributed by atoms with Gasteiger partial charge >= 0.3 is 0 Å². The summed E-state index contributed by atoms with van der Waals surface area (Å²) in [5.41, 5.74) is 7.94. The van der Waals surface area contributed by atoms with Gasteiger partial charge in [-0.05, 0) is 31.9 Å². The SMILES string of the molecule is Cc1c(C(=O)N2CCCC2CN)cnn1-c1ccccc1Cl.Cl. The van der Waals surface area contributed by atoms with Crippen LogP contribution in [0, 0.1) is 6.92 Å². The maximum atomic E-state index is 12.8. The first-order valence-electron chi connectivity index (χ1n) is 7.44. The topological polar surface area (TPSA) is 64.2 Å². The van der Waals surface area contributed by atoms with Crippen LogP contribution in [0.2, 0.25) is 5.02 Å². The van der Waals surface area contributed by atoms with Crippen molar-refractivity contribution in [2.45, 2.75) is 25.8 Å². The molecule has 23 heavy (non-hydrogen) atoms. The van der Waals surface area contributed by atoms with Crippen LogP contribution >= 0.6 is 24.0 Å². The molecule has 124 valence electrons. The molecule has 1 fully saturated rings. The summed E-state index contributed by atoms with van der Waals surface area (Å²) in [6.07, 6.45) is 3.60. The Morgan fingerprint density at radius 1 is 1.43 bits per heavy atom. The lowest BCUT2D eigenvalue weighted by molar-refractivity contribution is 0.0740. The fraction of sp³-hybridized carbons (Fsp3) is 0.375. The molecule has 1 unspecified atom stereocenters. The number of halogens is 2. The molecule has 1 aromatic carbocycles. The molecular formula is C16H20Cl2N4O. The van der Waals surface area contributed by atoms with E-state index in [4.69, 9.17) is 17.3 Å². The van der Waals surface area contributed by atoms with Gasteiger partial charge in [0.05, 0.1) is 28.2 Å².